The van der Waals surface area contributed by atoms with Crippen molar-refractivity contribution in [2.75, 3.05) is 0 Å². The van der Waals surface area contributed by atoms with Crippen LogP contribution in [0.2, 0.25) is 0 Å². The molecule has 0 unspecified atom stereocenters. The van der Waals surface area contributed by atoms with Gasteiger partial charge in [0.25, 0.3) is 11.7 Å². The van der Waals surface area contributed by atoms with E-state index >= 15 is 0 Å². The molecule has 2 aromatic rings. The molecule has 0 aliphatic heterocycles. The zero-order chi connectivity index (χ0) is 11.0. The fourth-order valence-electron chi connectivity index (χ4n) is 1.33. The number of hydrogen-bond donors (Lipinski definition) is 1. The van der Waals surface area contributed by atoms with Gasteiger partial charge in [-0.1, -0.05) is 12.1 Å². The van der Waals surface area contributed by atoms with E-state index in [0.717, 1.165) is 6.20 Å². The molecule has 2 rings (SSSR count). The summed E-state index contributed by atoms with van der Waals surface area (Å²) in [6, 6.07) is 5.99. The number of rotatable bonds is 1. The van der Waals surface area contributed by atoms with Gasteiger partial charge in [0.15, 0.2) is 5.69 Å². The number of benzene rings is 1. The maximum atomic E-state index is 11.5. The number of carbonyl (C=O) groups is 1. The highest BCUT2D eigenvalue weighted by atomic mass is 16.5. The molecule has 1 aromatic heterocycles. The average molecular weight is 206 g/mol. The SMILES string of the molecule is O=C(O)c1c[n+](=O)c2ccccc2n1[O-]. The van der Waals surface area contributed by atoms with E-state index in [-0.39, 0.29) is 15.8 Å². The topological polar surface area (TPSA) is 88.3 Å². The van der Waals surface area contributed by atoms with Crippen LogP contribution in [0.5, 0.6) is 0 Å². The Morgan fingerprint density at radius 1 is 1.40 bits per heavy atom. The van der Waals surface area contributed by atoms with Crippen LogP contribution in [0.15, 0.2) is 30.5 Å². The van der Waals surface area contributed by atoms with Crippen LogP contribution in [0.4, 0.5) is 0 Å². The highest BCUT2D eigenvalue weighted by Crippen LogP contribution is 2.10. The summed E-state index contributed by atoms with van der Waals surface area (Å²) in [5.74, 6) is -1.43. The first-order valence-corrected chi connectivity index (χ1v) is 4.09. The van der Waals surface area contributed by atoms with Gasteiger partial charge in [-0.3, -0.25) is 0 Å². The summed E-state index contributed by atoms with van der Waals surface area (Å²) in [6.07, 6.45) is 0.748. The van der Waals surface area contributed by atoms with Crippen LogP contribution in [0.25, 0.3) is 11.0 Å². The van der Waals surface area contributed by atoms with E-state index < -0.39 is 11.7 Å². The molecule has 76 valence electrons. The van der Waals surface area contributed by atoms with Crippen molar-refractivity contribution in [2.45, 2.75) is 0 Å². The zero-order valence-corrected chi connectivity index (χ0v) is 7.45. The molecule has 1 aromatic carbocycles. The van der Waals surface area contributed by atoms with E-state index in [0.29, 0.717) is 4.43 Å². The number of aromatic nitrogens is 2. The number of carboxylic acids is 1. The fraction of sp³-hybridized carbons (Fsp3) is 0. The number of hydrogen-bond acceptors (Lipinski definition) is 3. The maximum absolute atomic E-state index is 11.5. The highest BCUT2D eigenvalue weighted by Gasteiger charge is 2.15. The Kier molecular flexibility index (Phi) is 1.89. The minimum atomic E-state index is -1.43. The van der Waals surface area contributed by atoms with Crippen LogP contribution in [0.3, 0.4) is 0 Å². The third-order valence-corrected chi connectivity index (χ3v) is 2.02. The number of fused-ring (bicyclic) bond motifs is 1. The number of nitrogens with zero attached hydrogens (tertiary/aromatic N) is 2. The van der Waals surface area contributed by atoms with Crippen LogP contribution in [0, 0.1) is 10.1 Å². The van der Waals surface area contributed by atoms with Crippen LogP contribution >= 0.6 is 0 Å². The molecular weight excluding hydrogens is 200 g/mol. The molecule has 0 saturated heterocycles. The smallest absolute Gasteiger partial charge is 0.358 e. The first kappa shape index (κ1) is 9.20. The Morgan fingerprint density at radius 3 is 2.73 bits per heavy atom. The molecule has 1 N–H and O–H groups in total. The van der Waals surface area contributed by atoms with Gasteiger partial charge in [-0.05, 0) is 6.07 Å². The molecule has 0 saturated carbocycles. The first-order chi connectivity index (χ1) is 7.11. The van der Waals surface area contributed by atoms with Gasteiger partial charge in [0.05, 0.1) is 4.43 Å². The van der Waals surface area contributed by atoms with Gasteiger partial charge in [-0.25, -0.2) is 4.79 Å². The Morgan fingerprint density at radius 2 is 2.07 bits per heavy atom. The van der Waals surface area contributed by atoms with Crippen molar-refractivity contribution in [3.63, 3.8) is 0 Å². The molecule has 15 heavy (non-hydrogen) atoms. The van der Waals surface area contributed by atoms with Gasteiger partial charge in [0, 0.05) is 11.0 Å². The first-order valence-electron chi connectivity index (χ1n) is 4.09. The van der Waals surface area contributed by atoms with Crippen molar-refractivity contribution >= 4 is 17.0 Å². The van der Waals surface area contributed by atoms with E-state index in [4.69, 9.17) is 5.11 Å². The minimum Gasteiger partial charge on any atom is -0.805 e. The Labute approximate surface area is 83.2 Å². The summed E-state index contributed by atoms with van der Waals surface area (Å²) in [5, 5.41) is 20.2. The molecule has 6 nitrogen and oxygen atoms in total. The summed E-state index contributed by atoms with van der Waals surface area (Å²) < 4.78 is 0.596. The average Bonchev–Trinajstić information content (AvgIpc) is 2.23. The van der Waals surface area contributed by atoms with Crippen molar-refractivity contribution in [3.8, 4) is 0 Å². The van der Waals surface area contributed by atoms with E-state index in [1.54, 1.807) is 12.1 Å². The summed E-state index contributed by atoms with van der Waals surface area (Å²) in [6.45, 7) is 0. The third kappa shape index (κ3) is 1.32. The van der Waals surface area contributed by atoms with Crippen LogP contribution in [0.1, 0.15) is 10.5 Å². The summed E-state index contributed by atoms with van der Waals surface area (Å²) in [5.41, 5.74) is -0.423. The standard InChI is InChI=1S/C9H6N2O4/c12-9(13)8-5-10(14)6-3-1-2-4-7(6)11(8)15/h1-5H,(H,12,13). The van der Waals surface area contributed by atoms with Gasteiger partial charge in [0.1, 0.15) is 5.52 Å². The fourth-order valence-corrected chi connectivity index (χ4v) is 1.33. The summed E-state index contributed by atoms with van der Waals surface area (Å²) in [7, 11) is 0. The Bertz CT molecular complexity index is 603. The van der Waals surface area contributed by atoms with Crippen molar-refractivity contribution in [1.82, 2.24) is 4.73 Å². The molecule has 0 bridgehead atoms. The van der Waals surface area contributed by atoms with Crippen LogP contribution in [-0.2, 0) is 0 Å². The Balaban J connectivity index is 2.97. The second kappa shape index (κ2) is 3.09. The van der Waals surface area contributed by atoms with Crippen molar-refractivity contribution in [1.29, 1.82) is 0 Å². The van der Waals surface area contributed by atoms with Crippen molar-refractivity contribution in [3.05, 3.63) is 46.3 Å². The molecule has 0 spiro atoms. The van der Waals surface area contributed by atoms with E-state index in [2.05, 4.69) is 0 Å². The molecule has 0 aliphatic rings. The molecule has 0 amide bonds. The number of carboxylic acid groups (broad SMARTS) is 1. The van der Waals surface area contributed by atoms with Crippen LogP contribution < -0.4 is 4.43 Å². The zero-order valence-electron chi connectivity index (χ0n) is 7.45. The van der Waals surface area contributed by atoms with Crippen molar-refractivity contribution in [2.24, 2.45) is 0 Å². The highest BCUT2D eigenvalue weighted by molar-refractivity contribution is 5.87. The second-order valence-electron chi connectivity index (χ2n) is 2.93. The summed E-state index contributed by atoms with van der Waals surface area (Å²) in [4.78, 5) is 22.0. The molecule has 0 fully saturated rings. The molecular formula is C9H6N2O4. The van der Waals surface area contributed by atoms with Gasteiger partial charge >= 0.3 is 5.97 Å². The monoisotopic (exact) mass is 206 g/mol. The molecule has 0 radical (unpaired) electrons. The molecule has 0 aliphatic carbocycles. The lowest BCUT2D eigenvalue weighted by Gasteiger charge is -2.13. The van der Waals surface area contributed by atoms with Crippen LogP contribution in [-0.4, -0.2) is 15.8 Å². The predicted octanol–water partition coefficient (Wildman–Crippen LogP) is 0.600. The van der Waals surface area contributed by atoms with E-state index in [1.165, 1.54) is 12.1 Å². The third-order valence-electron chi connectivity index (χ3n) is 2.02. The molecule has 1 heterocycles. The second-order valence-corrected chi connectivity index (χ2v) is 2.93. The van der Waals surface area contributed by atoms with Crippen molar-refractivity contribution < 1.29 is 14.3 Å². The maximum Gasteiger partial charge on any atom is 0.358 e. The lowest BCUT2D eigenvalue weighted by atomic mass is 10.3. The number of aromatic carboxylic acids is 1. The van der Waals surface area contributed by atoms with Gasteiger partial charge < -0.3 is 15.0 Å². The quantitative estimate of drug-likeness (QED) is 0.692. The molecule has 0 atom stereocenters. The van der Waals surface area contributed by atoms with Gasteiger partial charge in [-0.15, -0.1) is 0 Å². The lowest BCUT2D eigenvalue weighted by molar-refractivity contribution is -0.464. The Hall–Kier alpha value is -2.37. The predicted molar refractivity (Wildman–Crippen MR) is 51.0 cm³/mol. The molecule has 6 heteroatoms. The summed E-state index contributed by atoms with van der Waals surface area (Å²) >= 11 is 0. The normalized spacial score (nSPS) is 10.4. The van der Waals surface area contributed by atoms with E-state index in [9.17, 15) is 14.9 Å². The van der Waals surface area contributed by atoms with E-state index in [1.807, 2.05) is 0 Å². The minimum absolute atomic E-state index is 0.0346. The largest absolute Gasteiger partial charge is 0.805 e. The number of para-hydroxylation sites is 2. The lowest BCUT2D eigenvalue weighted by Crippen LogP contribution is -2.22. The van der Waals surface area contributed by atoms with Gasteiger partial charge in [-0.2, -0.15) is 0 Å². The van der Waals surface area contributed by atoms with Gasteiger partial charge in [0.2, 0.25) is 0 Å².